The molecule has 0 bridgehead atoms. The zero-order chi connectivity index (χ0) is 12.8. The van der Waals surface area contributed by atoms with Gasteiger partial charge in [-0.2, -0.15) is 0 Å². The molecule has 0 aliphatic carbocycles. The molecule has 2 aromatic rings. The maximum atomic E-state index is 6.15. The normalized spacial score (nSPS) is 12.3. The summed E-state index contributed by atoms with van der Waals surface area (Å²) in [6.45, 7) is 0. The molecule has 0 aliphatic rings. The van der Waals surface area contributed by atoms with Crippen molar-refractivity contribution in [1.29, 1.82) is 0 Å². The minimum absolute atomic E-state index is 0.548. The minimum atomic E-state index is 0.548. The number of halogens is 2. The average Bonchev–Trinajstić information content (AvgIpc) is 2.41. The molecule has 18 heavy (non-hydrogen) atoms. The van der Waals surface area contributed by atoms with Crippen molar-refractivity contribution in [3.05, 3.63) is 64.9 Å². The van der Waals surface area contributed by atoms with Crippen molar-refractivity contribution in [2.24, 2.45) is 5.92 Å². The molecule has 0 saturated carbocycles. The van der Waals surface area contributed by atoms with E-state index in [1.807, 2.05) is 12.1 Å². The summed E-state index contributed by atoms with van der Waals surface area (Å²) in [4.78, 5) is 4.02. The van der Waals surface area contributed by atoms with E-state index in [0.29, 0.717) is 5.92 Å². The van der Waals surface area contributed by atoms with Crippen LogP contribution in [0, 0.1) is 5.92 Å². The van der Waals surface area contributed by atoms with Gasteiger partial charge in [0.05, 0.1) is 5.02 Å². The van der Waals surface area contributed by atoms with Gasteiger partial charge in [-0.1, -0.05) is 57.9 Å². The predicted molar refractivity (Wildman–Crippen MR) is 80.4 cm³/mol. The average molecular weight is 325 g/mol. The molecule has 1 aromatic carbocycles. The number of pyridine rings is 1. The standard InChI is InChI=1S/C15H15BrClN/c16-10-13(8-12-4-2-1-3-5-12)9-14-6-7-18-11-15(14)17/h1-7,11,13H,8-10H2. The SMILES string of the molecule is Clc1cnccc1CC(CBr)Cc1ccccc1. The molecular weight excluding hydrogens is 310 g/mol. The van der Waals surface area contributed by atoms with Crippen LogP contribution >= 0.6 is 27.5 Å². The highest BCUT2D eigenvalue weighted by atomic mass is 79.9. The van der Waals surface area contributed by atoms with Crippen molar-refractivity contribution in [1.82, 2.24) is 4.98 Å². The van der Waals surface area contributed by atoms with Crippen LogP contribution in [0.25, 0.3) is 0 Å². The van der Waals surface area contributed by atoms with Gasteiger partial charge >= 0.3 is 0 Å². The number of hydrogen-bond donors (Lipinski definition) is 0. The van der Waals surface area contributed by atoms with Gasteiger partial charge in [0.2, 0.25) is 0 Å². The molecule has 0 N–H and O–H groups in total. The summed E-state index contributed by atoms with van der Waals surface area (Å²) >= 11 is 9.75. The molecule has 0 fully saturated rings. The number of benzene rings is 1. The number of hydrogen-bond acceptors (Lipinski definition) is 1. The van der Waals surface area contributed by atoms with Crippen molar-refractivity contribution < 1.29 is 0 Å². The van der Waals surface area contributed by atoms with E-state index < -0.39 is 0 Å². The maximum absolute atomic E-state index is 6.15. The predicted octanol–water partition coefficient (Wildman–Crippen LogP) is 4.53. The van der Waals surface area contributed by atoms with Crippen molar-refractivity contribution in [3.63, 3.8) is 0 Å². The van der Waals surface area contributed by atoms with E-state index in [1.165, 1.54) is 11.1 Å². The first-order chi connectivity index (χ1) is 8.79. The molecule has 1 unspecified atom stereocenters. The Kier molecular flexibility index (Phi) is 5.21. The first-order valence-electron chi connectivity index (χ1n) is 5.98. The van der Waals surface area contributed by atoms with E-state index in [9.17, 15) is 0 Å². The number of alkyl halides is 1. The quantitative estimate of drug-likeness (QED) is 0.736. The fraction of sp³-hybridized carbons (Fsp3) is 0.267. The van der Waals surface area contributed by atoms with Crippen molar-refractivity contribution in [2.45, 2.75) is 12.8 Å². The van der Waals surface area contributed by atoms with E-state index in [2.05, 4.69) is 45.2 Å². The van der Waals surface area contributed by atoms with Crippen LogP contribution < -0.4 is 0 Å². The van der Waals surface area contributed by atoms with E-state index in [4.69, 9.17) is 11.6 Å². The van der Waals surface area contributed by atoms with Gasteiger partial charge in [-0.25, -0.2) is 0 Å². The Labute approximate surface area is 121 Å². The summed E-state index contributed by atoms with van der Waals surface area (Å²) in [6.07, 6.45) is 5.55. The Balaban J connectivity index is 2.04. The molecule has 0 amide bonds. The molecule has 0 aliphatic heterocycles. The van der Waals surface area contributed by atoms with Crippen LogP contribution in [-0.2, 0) is 12.8 Å². The molecule has 1 atom stereocenters. The monoisotopic (exact) mass is 323 g/mol. The van der Waals surface area contributed by atoms with Gasteiger partial charge in [-0.05, 0) is 36.0 Å². The second kappa shape index (κ2) is 6.91. The molecule has 1 aromatic heterocycles. The van der Waals surface area contributed by atoms with Crippen LogP contribution in [0.1, 0.15) is 11.1 Å². The summed E-state index contributed by atoms with van der Waals surface area (Å²) in [5.74, 6) is 0.548. The van der Waals surface area contributed by atoms with Crippen LogP contribution in [0.4, 0.5) is 0 Å². The lowest BCUT2D eigenvalue weighted by molar-refractivity contribution is 0.591. The Morgan fingerprint density at radius 2 is 1.89 bits per heavy atom. The van der Waals surface area contributed by atoms with E-state index >= 15 is 0 Å². The van der Waals surface area contributed by atoms with Gasteiger partial charge < -0.3 is 0 Å². The fourth-order valence-electron chi connectivity index (χ4n) is 2.01. The molecule has 0 spiro atoms. The fourth-order valence-corrected chi connectivity index (χ4v) is 2.66. The highest BCUT2D eigenvalue weighted by molar-refractivity contribution is 9.09. The van der Waals surface area contributed by atoms with E-state index in [0.717, 1.165) is 23.2 Å². The van der Waals surface area contributed by atoms with Crippen LogP contribution in [-0.4, -0.2) is 10.3 Å². The number of aromatic nitrogens is 1. The lowest BCUT2D eigenvalue weighted by Crippen LogP contribution is -2.10. The van der Waals surface area contributed by atoms with Crippen LogP contribution in [0.3, 0.4) is 0 Å². The third-order valence-electron chi connectivity index (χ3n) is 2.95. The highest BCUT2D eigenvalue weighted by Gasteiger charge is 2.11. The largest absolute Gasteiger partial charge is 0.263 e. The highest BCUT2D eigenvalue weighted by Crippen LogP contribution is 2.21. The van der Waals surface area contributed by atoms with E-state index in [-0.39, 0.29) is 0 Å². The second-order valence-corrected chi connectivity index (χ2v) is 5.44. The third kappa shape index (κ3) is 3.82. The van der Waals surface area contributed by atoms with Crippen molar-refractivity contribution in [3.8, 4) is 0 Å². The molecule has 0 radical (unpaired) electrons. The van der Waals surface area contributed by atoms with Gasteiger partial charge in [0.1, 0.15) is 0 Å². The van der Waals surface area contributed by atoms with Crippen molar-refractivity contribution in [2.75, 3.05) is 5.33 Å². The molecule has 1 nitrogen and oxygen atoms in total. The van der Waals surface area contributed by atoms with Crippen LogP contribution in [0.2, 0.25) is 5.02 Å². The molecule has 2 rings (SSSR count). The van der Waals surface area contributed by atoms with Crippen molar-refractivity contribution >= 4 is 27.5 Å². The van der Waals surface area contributed by atoms with E-state index in [1.54, 1.807) is 12.4 Å². The Hall–Kier alpha value is -0.860. The summed E-state index contributed by atoms with van der Waals surface area (Å²) in [5, 5.41) is 1.73. The van der Waals surface area contributed by atoms with Gasteiger partial charge in [-0.15, -0.1) is 0 Å². The van der Waals surface area contributed by atoms with Gasteiger partial charge in [0.15, 0.2) is 0 Å². The molecule has 0 saturated heterocycles. The number of nitrogens with zero attached hydrogens (tertiary/aromatic N) is 1. The van der Waals surface area contributed by atoms with Gasteiger partial charge in [0, 0.05) is 17.7 Å². The molecular formula is C15H15BrClN. The zero-order valence-electron chi connectivity index (χ0n) is 10.0. The molecule has 94 valence electrons. The zero-order valence-corrected chi connectivity index (χ0v) is 12.4. The Morgan fingerprint density at radius 1 is 1.11 bits per heavy atom. The smallest absolute Gasteiger partial charge is 0.0621 e. The first kappa shape index (κ1) is 13.6. The van der Waals surface area contributed by atoms with Gasteiger partial charge in [0.25, 0.3) is 0 Å². The van der Waals surface area contributed by atoms with Crippen LogP contribution in [0.15, 0.2) is 48.8 Å². The Bertz CT molecular complexity index is 487. The lowest BCUT2D eigenvalue weighted by Gasteiger charge is -2.15. The minimum Gasteiger partial charge on any atom is -0.263 e. The summed E-state index contributed by atoms with van der Waals surface area (Å²) < 4.78 is 0. The summed E-state index contributed by atoms with van der Waals surface area (Å²) in [5.41, 5.74) is 2.54. The Morgan fingerprint density at radius 3 is 2.56 bits per heavy atom. The number of rotatable bonds is 5. The second-order valence-electron chi connectivity index (χ2n) is 4.38. The molecule has 1 heterocycles. The summed E-state index contributed by atoms with van der Waals surface area (Å²) in [6, 6.07) is 12.6. The lowest BCUT2D eigenvalue weighted by atomic mass is 9.95. The van der Waals surface area contributed by atoms with Crippen LogP contribution in [0.5, 0.6) is 0 Å². The maximum Gasteiger partial charge on any atom is 0.0621 e. The first-order valence-corrected chi connectivity index (χ1v) is 7.48. The summed E-state index contributed by atoms with van der Waals surface area (Å²) in [7, 11) is 0. The molecule has 3 heteroatoms. The third-order valence-corrected chi connectivity index (χ3v) is 4.21. The topological polar surface area (TPSA) is 12.9 Å². The van der Waals surface area contributed by atoms with Gasteiger partial charge in [-0.3, -0.25) is 4.98 Å².